The number of nitrogens with zero attached hydrogens (tertiary/aromatic N) is 1. The van der Waals surface area contributed by atoms with Crippen LogP contribution in [0.1, 0.15) is 20.8 Å². The first kappa shape index (κ1) is 13.7. The van der Waals surface area contributed by atoms with Crippen LogP contribution in [0.5, 0.6) is 5.75 Å². The summed E-state index contributed by atoms with van der Waals surface area (Å²) < 4.78 is 7.55. The van der Waals surface area contributed by atoms with E-state index >= 15 is 0 Å². The Labute approximate surface area is 126 Å². The van der Waals surface area contributed by atoms with Crippen LogP contribution in [0.4, 0.5) is 0 Å². The summed E-state index contributed by atoms with van der Waals surface area (Å²) in [4.78, 5) is 0. The van der Waals surface area contributed by atoms with Gasteiger partial charge in [-0.25, -0.2) is 0 Å². The molecule has 3 aromatic rings. The van der Waals surface area contributed by atoms with Crippen molar-refractivity contribution in [2.24, 2.45) is 0 Å². The molecule has 0 N–H and O–H groups in total. The maximum atomic E-state index is 5.22. The Morgan fingerprint density at radius 1 is 0.857 bits per heavy atom. The summed E-state index contributed by atoms with van der Waals surface area (Å²) in [5, 5.41) is 1.28. The number of aromatic nitrogens is 1. The molecular formula is C19H21NO. The molecule has 1 heterocycles. The lowest BCUT2D eigenvalue weighted by Crippen LogP contribution is -2.20. The van der Waals surface area contributed by atoms with Crippen LogP contribution in [0.2, 0.25) is 0 Å². The van der Waals surface area contributed by atoms with Crippen molar-refractivity contribution in [1.82, 2.24) is 4.57 Å². The highest BCUT2D eigenvalue weighted by Gasteiger charge is 2.15. The van der Waals surface area contributed by atoms with Crippen LogP contribution in [0.3, 0.4) is 0 Å². The molecule has 0 unspecified atom stereocenters. The van der Waals surface area contributed by atoms with Crippen molar-refractivity contribution in [3.8, 4) is 16.9 Å². The van der Waals surface area contributed by atoms with Crippen molar-refractivity contribution in [3.63, 3.8) is 0 Å². The van der Waals surface area contributed by atoms with Crippen molar-refractivity contribution in [2.45, 2.75) is 26.3 Å². The average Bonchev–Trinajstić information content (AvgIpc) is 2.90. The molecule has 0 radical (unpaired) electrons. The molecule has 0 aliphatic carbocycles. The Hall–Kier alpha value is -2.22. The standard InChI is InChI=1S/C19H21NO/c1-19(2,3)20-12-11-15-5-6-16(13-18(15)20)14-7-9-17(21-4)10-8-14/h5-13H,1-4H3. The van der Waals surface area contributed by atoms with Gasteiger partial charge in [-0.05, 0) is 61.5 Å². The van der Waals surface area contributed by atoms with Crippen molar-refractivity contribution in [2.75, 3.05) is 7.11 Å². The molecule has 0 fully saturated rings. The van der Waals surface area contributed by atoms with Gasteiger partial charge in [0.1, 0.15) is 5.75 Å². The Morgan fingerprint density at radius 2 is 1.52 bits per heavy atom. The number of hydrogen-bond donors (Lipinski definition) is 0. The number of fused-ring (bicyclic) bond motifs is 1. The van der Waals surface area contributed by atoms with Gasteiger partial charge in [-0.15, -0.1) is 0 Å². The van der Waals surface area contributed by atoms with Gasteiger partial charge >= 0.3 is 0 Å². The van der Waals surface area contributed by atoms with E-state index < -0.39 is 0 Å². The highest BCUT2D eigenvalue weighted by molar-refractivity contribution is 5.85. The molecule has 1 aromatic heterocycles. The van der Waals surface area contributed by atoms with E-state index in [1.807, 2.05) is 12.1 Å². The Bertz CT molecular complexity index is 760. The monoisotopic (exact) mass is 279 g/mol. The third-order valence-corrected chi connectivity index (χ3v) is 3.84. The Balaban J connectivity index is 2.11. The molecule has 2 nitrogen and oxygen atoms in total. The van der Waals surface area contributed by atoms with Crippen LogP contribution < -0.4 is 4.74 Å². The van der Waals surface area contributed by atoms with E-state index in [4.69, 9.17) is 4.74 Å². The summed E-state index contributed by atoms with van der Waals surface area (Å²) in [6, 6.07) is 17.0. The topological polar surface area (TPSA) is 14.2 Å². The first-order valence-electron chi connectivity index (χ1n) is 7.25. The highest BCUT2D eigenvalue weighted by Crippen LogP contribution is 2.29. The van der Waals surface area contributed by atoms with Crippen LogP contribution in [0.25, 0.3) is 22.0 Å². The quantitative estimate of drug-likeness (QED) is 0.638. The average molecular weight is 279 g/mol. The molecule has 2 heteroatoms. The lowest BCUT2D eigenvalue weighted by molar-refractivity contribution is 0.411. The maximum Gasteiger partial charge on any atom is 0.118 e. The molecule has 0 bridgehead atoms. The highest BCUT2D eigenvalue weighted by atomic mass is 16.5. The number of methoxy groups -OCH3 is 1. The molecule has 2 aromatic carbocycles. The maximum absolute atomic E-state index is 5.22. The second-order valence-corrected chi connectivity index (χ2v) is 6.36. The second-order valence-electron chi connectivity index (χ2n) is 6.36. The minimum absolute atomic E-state index is 0.0836. The minimum atomic E-state index is 0.0836. The van der Waals surface area contributed by atoms with Gasteiger partial charge in [-0.3, -0.25) is 0 Å². The van der Waals surface area contributed by atoms with Crippen LogP contribution >= 0.6 is 0 Å². The fourth-order valence-electron chi connectivity index (χ4n) is 2.68. The second kappa shape index (κ2) is 4.96. The first-order valence-corrected chi connectivity index (χ1v) is 7.25. The van der Waals surface area contributed by atoms with Gasteiger partial charge in [0, 0.05) is 17.3 Å². The van der Waals surface area contributed by atoms with Crippen molar-refractivity contribution in [3.05, 3.63) is 54.7 Å². The van der Waals surface area contributed by atoms with E-state index in [-0.39, 0.29) is 5.54 Å². The molecular weight excluding hydrogens is 258 g/mol. The van der Waals surface area contributed by atoms with Gasteiger partial charge in [0.05, 0.1) is 7.11 Å². The minimum Gasteiger partial charge on any atom is -0.497 e. The van der Waals surface area contributed by atoms with Gasteiger partial charge in [-0.1, -0.05) is 24.3 Å². The summed E-state index contributed by atoms with van der Waals surface area (Å²) in [5.74, 6) is 0.887. The third kappa shape index (κ3) is 2.54. The number of hydrogen-bond acceptors (Lipinski definition) is 1. The van der Waals surface area contributed by atoms with Gasteiger partial charge in [0.2, 0.25) is 0 Å². The summed E-state index contributed by atoms with van der Waals surface area (Å²) in [7, 11) is 1.69. The molecule has 0 spiro atoms. The van der Waals surface area contributed by atoms with Gasteiger partial charge in [0.25, 0.3) is 0 Å². The van der Waals surface area contributed by atoms with Crippen LogP contribution in [0.15, 0.2) is 54.7 Å². The van der Waals surface area contributed by atoms with E-state index in [2.05, 4.69) is 67.9 Å². The fraction of sp³-hybridized carbons (Fsp3) is 0.263. The SMILES string of the molecule is COc1ccc(-c2ccc3ccn(C(C)(C)C)c3c2)cc1. The smallest absolute Gasteiger partial charge is 0.118 e. The number of benzene rings is 2. The van der Waals surface area contributed by atoms with Crippen LogP contribution in [0, 0.1) is 0 Å². The van der Waals surface area contributed by atoms with Crippen molar-refractivity contribution < 1.29 is 4.74 Å². The van der Waals surface area contributed by atoms with Gasteiger partial charge in [-0.2, -0.15) is 0 Å². The molecule has 0 aliphatic rings. The molecule has 0 aliphatic heterocycles. The Morgan fingerprint density at radius 3 is 2.14 bits per heavy atom. The molecule has 0 saturated carbocycles. The van der Waals surface area contributed by atoms with E-state index in [9.17, 15) is 0 Å². The van der Waals surface area contributed by atoms with E-state index in [1.165, 1.54) is 22.0 Å². The molecule has 3 rings (SSSR count). The predicted octanol–water partition coefficient (Wildman–Crippen LogP) is 5.07. The Kier molecular flexibility index (Phi) is 3.25. The normalized spacial score (nSPS) is 11.8. The molecule has 108 valence electrons. The molecule has 0 atom stereocenters. The lowest BCUT2D eigenvalue weighted by atomic mass is 10.0. The van der Waals surface area contributed by atoms with E-state index in [0.29, 0.717) is 0 Å². The van der Waals surface area contributed by atoms with Crippen molar-refractivity contribution in [1.29, 1.82) is 0 Å². The summed E-state index contributed by atoms with van der Waals surface area (Å²) in [5.41, 5.74) is 3.80. The third-order valence-electron chi connectivity index (χ3n) is 3.84. The van der Waals surface area contributed by atoms with Crippen molar-refractivity contribution >= 4 is 10.9 Å². The zero-order chi connectivity index (χ0) is 15.0. The number of rotatable bonds is 2. The largest absolute Gasteiger partial charge is 0.497 e. The summed E-state index contributed by atoms with van der Waals surface area (Å²) in [6.45, 7) is 6.69. The van der Waals surface area contributed by atoms with Crippen LogP contribution in [-0.4, -0.2) is 11.7 Å². The van der Waals surface area contributed by atoms with Gasteiger partial charge < -0.3 is 9.30 Å². The molecule has 0 saturated heterocycles. The van der Waals surface area contributed by atoms with Gasteiger partial charge in [0.15, 0.2) is 0 Å². The van der Waals surface area contributed by atoms with E-state index in [1.54, 1.807) is 7.11 Å². The first-order chi connectivity index (χ1) is 9.99. The van der Waals surface area contributed by atoms with Crippen LogP contribution in [-0.2, 0) is 5.54 Å². The molecule has 0 amide bonds. The van der Waals surface area contributed by atoms with E-state index in [0.717, 1.165) is 5.75 Å². The predicted molar refractivity (Wildman–Crippen MR) is 88.9 cm³/mol. The zero-order valence-corrected chi connectivity index (χ0v) is 13.1. The lowest BCUT2D eigenvalue weighted by Gasteiger charge is -2.23. The zero-order valence-electron chi connectivity index (χ0n) is 13.1. The number of ether oxygens (including phenoxy) is 1. The summed E-state index contributed by atoms with van der Waals surface area (Å²) in [6.07, 6.45) is 2.17. The molecule has 21 heavy (non-hydrogen) atoms. The fourth-order valence-corrected chi connectivity index (χ4v) is 2.68. The summed E-state index contributed by atoms with van der Waals surface area (Å²) >= 11 is 0.